The Morgan fingerprint density at radius 2 is 1.83 bits per heavy atom. The van der Waals surface area contributed by atoms with Gasteiger partial charge in [-0.1, -0.05) is 23.7 Å². The number of nitrogens with zero attached hydrogens (tertiary/aromatic N) is 2. The van der Waals surface area contributed by atoms with E-state index in [1.807, 2.05) is 0 Å². The van der Waals surface area contributed by atoms with Gasteiger partial charge >= 0.3 is 0 Å². The van der Waals surface area contributed by atoms with Crippen LogP contribution in [0.4, 0.5) is 4.39 Å². The summed E-state index contributed by atoms with van der Waals surface area (Å²) in [6.45, 7) is 0. The van der Waals surface area contributed by atoms with Gasteiger partial charge < -0.3 is 0 Å². The number of carbonyl (C=O) groups excluding carboxylic acids is 1. The fourth-order valence-corrected chi connectivity index (χ4v) is 1.97. The normalized spacial score (nSPS) is 10.4. The summed E-state index contributed by atoms with van der Waals surface area (Å²) in [5.41, 5.74) is 1.41. The molecule has 0 aliphatic carbocycles. The first-order chi connectivity index (χ1) is 8.60. The van der Waals surface area contributed by atoms with E-state index in [1.54, 1.807) is 12.1 Å². The Balaban J connectivity index is 2.39. The van der Waals surface area contributed by atoms with Crippen LogP contribution in [0, 0.1) is 5.82 Å². The Hall–Kier alpha value is -1.52. The number of hydrogen-bond donors (Lipinski definition) is 0. The molecule has 2 aromatic rings. The van der Waals surface area contributed by atoms with Gasteiger partial charge in [0.1, 0.15) is 11.0 Å². The van der Waals surface area contributed by atoms with E-state index in [2.05, 4.69) is 9.97 Å². The van der Waals surface area contributed by atoms with E-state index in [9.17, 15) is 9.18 Å². The van der Waals surface area contributed by atoms with Crippen molar-refractivity contribution < 1.29 is 9.18 Å². The fourth-order valence-electron chi connectivity index (χ4n) is 1.50. The van der Waals surface area contributed by atoms with Crippen molar-refractivity contribution in [1.82, 2.24) is 9.97 Å². The highest BCUT2D eigenvalue weighted by Crippen LogP contribution is 2.20. The van der Waals surface area contributed by atoms with Crippen LogP contribution in [0.3, 0.4) is 0 Å². The summed E-state index contributed by atoms with van der Waals surface area (Å²) in [4.78, 5) is 18.6. The maximum Gasteiger partial charge on any atom is 0.224 e. The van der Waals surface area contributed by atoms with Crippen molar-refractivity contribution in [2.45, 2.75) is 6.42 Å². The van der Waals surface area contributed by atoms with Gasteiger partial charge in [0.15, 0.2) is 6.29 Å². The first kappa shape index (κ1) is 12.9. The van der Waals surface area contributed by atoms with Gasteiger partial charge in [-0.05, 0) is 29.3 Å². The lowest BCUT2D eigenvalue weighted by Crippen LogP contribution is -2.02. The van der Waals surface area contributed by atoms with Crippen molar-refractivity contribution in [2.24, 2.45) is 0 Å². The summed E-state index contributed by atoms with van der Waals surface area (Å²) in [5.74, 6) is -0.326. The molecule has 0 bridgehead atoms. The molecule has 6 heteroatoms. The topological polar surface area (TPSA) is 42.9 Å². The SMILES string of the molecule is O=Cc1c(Cl)nc(Cl)nc1Cc1ccc(F)cc1. The largest absolute Gasteiger partial charge is 0.298 e. The Kier molecular flexibility index (Phi) is 3.89. The summed E-state index contributed by atoms with van der Waals surface area (Å²) in [7, 11) is 0. The zero-order chi connectivity index (χ0) is 13.1. The predicted octanol–water partition coefficient (Wildman–Crippen LogP) is 3.33. The van der Waals surface area contributed by atoms with Gasteiger partial charge in [0, 0.05) is 6.42 Å². The molecule has 0 aliphatic heterocycles. The number of aldehydes is 1. The third kappa shape index (κ3) is 2.83. The van der Waals surface area contributed by atoms with Gasteiger partial charge in [0.05, 0.1) is 11.3 Å². The van der Waals surface area contributed by atoms with Crippen molar-refractivity contribution in [3.8, 4) is 0 Å². The predicted molar refractivity (Wildman–Crippen MR) is 66.6 cm³/mol. The highest BCUT2D eigenvalue weighted by molar-refractivity contribution is 6.33. The highest BCUT2D eigenvalue weighted by atomic mass is 35.5. The molecule has 0 amide bonds. The van der Waals surface area contributed by atoms with Crippen molar-refractivity contribution in [3.63, 3.8) is 0 Å². The molecular weight excluding hydrogens is 278 g/mol. The van der Waals surface area contributed by atoms with E-state index in [4.69, 9.17) is 23.2 Å². The van der Waals surface area contributed by atoms with Gasteiger partial charge in [-0.15, -0.1) is 0 Å². The number of aromatic nitrogens is 2. The van der Waals surface area contributed by atoms with Gasteiger partial charge in [-0.3, -0.25) is 4.79 Å². The molecule has 0 aliphatic rings. The molecule has 1 aromatic carbocycles. The quantitative estimate of drug-likeness (QED) is 0.493. The summed E-state index contributed by atoms with van der Waals surface area (Å²) in [6, 6.07) is 5.88. The monoisotopic (exact) mass is 284 g/mol. The molecule has 0 unspecified atom stereocenters. The molecule has 18 heavy (non-hydrogen) atoms. The number of hydrogen-bond acceptors (Lipinski definition) is 3. The minimum absolute atomic E-state index is 0.0158. The third-order valence-corrected chi connectivity index (χ3v) is 2.81. The molecule has 0 fully saturated rings. The number of rotatable bonds is 3. The number of benzene rings is 1. The van der Waals surface area contributed by atoms with E-state index < -0.39 is 0 Å². The zero-order valence-corrected chi connectivity index (χ0v) is 10.5. The van der Waals surface area contributed by atoms with Crippen LogP contribution >= 0.6 is 23.2 Å². The standard InChI is InChI=1S/C12H7Cl2FN2O/c13-11-9(6-18)10(16-12(14)17-11)5-7-1-3-8(15)4-2-7/h1-4,6H,5H2. The Morgan fingerprint density at radius 1 is 1.17 bits per heavy atom. The lowest BCUT2D eigenvalue weighted by Gasteiger charge is -2.06. The maximum absolute atomic E-state index is 12.8. The van der Waals surface area contributed by atoms with Crippen molar-refractivity contribution in [3.05, 3.63) is 57.3 Å². The Morgan fingerprint density at radius 3 is 2.44 bits per heavy atom. The Bertz CT molecular complexity index is 587. The van der Waals surface area contributed by atoms with Crippen molar-refractivity contribution in [2.75, 3.05) is 0 Å². The molecule has 1 heterocycles. The molecule has 0 atom stereocenters. The van der Waals surface area contributed by atoms with Gasteiger partial charge in [-0.2, -0.15) is 0 Å². The summed E-state index contributed by atoms with van der Waals surface area (Å²) >= 11 is 11.5. The molecular formula is C12H7Cl2FN2O. The smallest absolute Gasteiger partial charge is 0.224 e. The first-order valence-electron chi connectivity index (χ1n) is 5.01. The molecule has 0 saturated heterocycles. The molecule has 1 aromatic heterocycles. The lowest BCUT2D eigenvalue weighted by molar-refractivity contribution is 0.112. The van der Waals surface area contributed by atoms with Gasteiger partial charge in [0.2, 0.25) is 5.28 Å². The van der Waals surface area contributed by atoms with Crippen LogP contribution < -0.4 is 0 Å². The fraction of sp³-hybridized carbons (Fsp3) is 0.0833. The number of carbonyl (C=O) groups is 1. The van der Waals surface area contributed by atoms with Crippen LogP contribution in [0.1, 0.15) is 21.6 Å². The van der Waals surface area contributed by atoms with Crippen LogP contribution in [-0.2, 0) is 6.42 Å². The molecule has 2 rings (SSSR count). The molecule has 92 valence electrons. The van der Waals surface area contributed by atoms with Crippen LogP contribution in [-0.4, -0.2) is 16.3 Å². The minimum Gasteiger partial charge on any atom is -0.298 e. The Labute approximate surface area is 113 Å². The second-order valence-electron chi connectivity index (χ2n) is 3.56. The van der Waals surface area contributed by atoms with Crippen molar-refractivity contribution >= 4 is 29.5 Å². The van der Waals surface area contributed by atoms with Crippen LogP contribution in [0.2, 0.25) is 10.4 Å². The molecule has 0 N–H and O–H groups in total. The number of halogens is 3. The first-order valence-corrected chi connectivity index (χ1v) is 5.77. The molecule has 0 spiro atoms. The molecule has 0 radical (unpaired) electrons. The summed E-state index contributed by atoms with van der Waals surface area (Å²) < 4.78 is 12.8. The van der Waals surface area contributed by atoms with Crippen LogP contribution in [0.5, 0.6) is 0 Å². The average molecular weight is 285 g/mol. The van der Waals surface area contributed by atoms with E-state index in [0.29, 0.717) is 18.4 Å². The zero-order valence-electron chi connectivity index (χ0n) is 9.03. The summed E-state index contributed by atoms with van der Waals surface area (Å²) in [6.07, 6.45) is 0.911. The molecule has 0 saturated carbocycles. The van der Waals surface area contributed by atoms with E-state index in [0.717, 1.165) is 5.56 Å². The van der Waals surface area contributed by atoms with Crippen LogP contribution in [0.25, 0.3) is 0 Å². The molecule has 3 nitrogen and oxygen atoms in total. The van der Waals surface area contributed by atoms with Crippen molar-refractivity contribution in [1.29, 1.82) is 0 Å². The minimum atomic E-state index is -0.326. The second-order valence-corrected chi connectivity index (χ2v) is 4.26. The van der Waals surface area contributed by atoms with E-state index in [-0.39, 0.29) is 21.8 Å². The lowest BCUT2D eigenvalue weighted by atomic mass is 10.1. The van der Waals surface area contributed by atoms with Gasteiger partial charge in [-0.25, -0.2) is 14.4 Å². The average Bonchev–Trinajstić information content (AvgIpc) is 2.32. The maximum atomic E-state index is 12.8. The van der Waals surface area contributed by atoms with Gasteiger partial charge in [0.25, 0.3) is 0 Å². The highest BCUT2D eigenvalue weighted by Gasteiger charge is 2.12. The van der Waals surface area contributed by atoms with E-state index >= 15 is 0 Å². The van der Waals surface area contributed by atoms with Crippen LogP contribution in [0.15, 0.2) is 24.3 Å². The van der Waals surface area contributed by atoms with E-state index in [1.165, 1.54) is 12.1 Å². The third-order valence-electron chi connectivity index (χ3n) is 2.35. The summed E-state index contributed by atoms with van der Waals surface area (Å²) in [5, 5.41) is -0.00942. The second kappa shape index (κ2) is 5.42.